The monoisotopic (exact) mass is 266 g/mol. The van der Waals surface area contributed by atoms with Crippen LogP contribution in [0.15, 0.2) is 17.1 Å². The van der Waals surface area contributed by atoms with E-state index in [1.54, 1.807) is 0 Å². The zero-order valence-corrected chi connectivity index (χ0v) is 12.6. The molecule has 1 N–H and O–H groups in total. The highest BCUT2D eigenvalue weighted by atomic mass is 16.3. The Morgan fingerprint density at radius 1 is 1.21 bits per heavy atom. The molecule has 0 bridgehead atoms. The van der Waals surface area contributed by atoms with Gasteiger partial charge < -0.3 is 10.0 Å². The van der Waals surface area contributed by atoms with Gasteiger partial charge in [0.05, 0.1) is 6.54 Å². The van der Waals surface area contributed by atoms with Gasteiger partial charge in [0.2, 0.25) is 0 Å². The number of nitrogens with zero attached hydrogens (tertiary/aromatic N) is 2. The summed E-state index contributed by atoms with van der Waals surface area (Å²) in [5.74, 6) is 1.07. The Morgan fingerprint density at radius 2 is 1.95 bits per heavy atom. The van der Waals surface area contributed by atoms with Gasteiger partial charge in [-0.1, -0.05) is 44.8 Å². The lowest BCUT2D eigenvalue weighted by molar-refractivity contribution is 0.0767. The van der Waals surface area contributed by atoms with Gasteiger partial charge in [-0.3, -0.25) is 4.99 Å². The summed E-state index contributed by atoms with van der Waals surface area (Å²) in [6, 6.07) is 0. The van der Waals surface area contributed by atoms with Crippen LogP contribution in [0, 0.1) is 0 Å². The summed E-state index contributed by atoms with van der Waals surface area (Å²) in [6.07, 6.45) is 14.1. The summed E-state index contributed by atoms with van der Waals surface area (Å²) < 4.78 is 0. The standard InChI is InChI=1S/C16H30N2O/c1-3-4-5-6-7-8-9-10-11-12-16-17-13-14-18(16)15(2)19/h9-10,15,19H,3-8,11-14H2,1-2H3/b10-9+. The fraction of sp³-hybridized carbons (Fsp3) is 0.812. The molecular weight excluding hydrogens is 236 g/mol. The maximum atomic E-state index is 9.59. The molecule has 0 aliphatic carbocycles. The van der Waals surface area contributed by atoms with Crippen molar-refractivity contribution >= 4 is 5.84 Å². The van der Waals surface area contributed by atoms with Crippen LogP contribution < -0.4 is 0 Å². The summed E-state index contributed by atoms with van der Waals surface area (Å²) in [5.41, 5.74) is 0. The highest BCUT2D eigenvalue weighted by molar-refractivity contribution is 5.84. The topological polar surface area (TPSA) is 35.8 Å². The predicted octanol–water partition coefficient (Wildman–Crippen LogP) is 3.74. The van der Waals surface area contributed by atoms with Crippen molar-refractivity contribution in [3.05, 3.63) is 12.2 Å². The molecule has 0 spiro atoms. The van der Waals surface area contributed by atoms with E-state index in [9.17, 15) is 5.11 Å². The third-order valence-corrected chi connectivity index (χ3v) is 3.59. The molecule has 0 saturated carbocycles. The van der Waals surface area contributed by atoms with Gasteiger partial charge in [0.15, 0.2) is 0 Å². The van der Waals surface area contributed by atoms with Gasteiger partial charge >= 0.3 is 0 Å². The zero-order chi connectivity index (χ0) is 13.9. The summed E-state index contributed by atoms with van der Waals surface area (Å²) in [6.45, 7) is 5.77. The summed E-state index contributed by atoms with van der Waals surface area (Å²) in [5, 5.41) is 9.59. The molecule has 0 aromatic carbocycles. The zero-order valence-electron chi connectivity index (χ0n) is 12.6. The molecule has 1 aliphatic heterocycles. The molecule has 0 aromatic heterocycles. The number of rotatable bonds is 10. The number of aliphatic hydroxyl groups is 1. The van der Waals surface area contributed by atoms with Gasteiger partial charge in [-0.15, -0.1) is 0 Å². The summed E-state index contributed by atoms with van der Waals surface area (Å²) in [7, 11) is 0. The molecule has 1 rings (SSSR count). The lowest BCUT2D eigenvalue weighted by atomic mass is 10.1. The minimum atomic E-state index is -0.399. The average molecular weight is 266 g/mol. The first-order valence-electron chi connectivity index (χ1n) is 7.88. The number of allylic oxidation sites excluding steroid dienone is 2. The largest absolute Gasteiger partial charge is 0.374 e. The first-order chi connectivity index (χ1) is 9.25. The second-order valence-electron chi connectivity index (χ2n) is 5.34. The van der Waals surface area contributed by atoms with Gasteiger partial charge in [-0.25, -0.2) is 0 Å². The van der Waals surface area contributed by atoms with E-state index in [0.717, 1.165) is 31.8 Å². The van der Waals surface area contributed by atoms with Crippen molar-refractivity contribution in [1.29, 1.82) is 0 Å². The Labute approximate surface area is 118 Å². The van der Waals surface area contributed by atoms with Crippen LogP contribution in [0.3, 0.4) is 0 Å². The van der Waals surface area contributed by atoms with Gasteiger partial charge in [-0.2, -0.15) is 0 Å². The Kier molecular flexibility index (Phi) is 8.55. The van der Waals surface area contributed by atoms with E-state index < -0.39 is 6.23 Å². The molecule has 0 saturated heterocycles. The van der Waals surface area contributed by atoms with Crippen LogP contribution >= 0.6 is 0 Å². The number of hydrogen-bond acceptors (Lipinski definition) is 3. The second kappa shape index (κ2) is 10.0. The quantitative estimate of drug-likeness (QED) is 0.483. The molecule has 3 heteroatoms. The van der Waals surface area contributed by atoms with Crippen LogP contribution in [-0.2, 0) is 0 Å². The number of aliphatic imine (C=N–C) groups is 1. The molecule has 1 heterocycles. The highest BCUT2D eigenvalue weighted by Gasteiger charge is 2.19. The molecule has 1 unspecified atom stereocenters. The van der Waals surface area contributed by atoms with E-state index in [1.165, 1.54) is 38.5 Å². The van der Waals surface area contributed by atoms with Gasteiger partial charge in [0, 0.05) is 13.0 Å². The normalized spacial score (nSPS) is 17.2. The number of amidine groups is 1. The van der Waals surface area contributed by atoms with Crippen LogP contribution in [0.2, 0.25) is 0 Å². The maximum absolute atomic E-state index is 9.59. The molecule has 0 radical (unpaired) electrons. The average Bonchev–Trinajstić information content (AvgIpc) is 2.85. The van der Waals surface area contributed by atoms with Crippen LogP contribution in [0.1, 0.15) is 65.2 Å². The Balaban J connectivity index is 2.03. The van der Waals surface area contributed by atoms with Crippen molar-refractivity contribution < 1.29 is 5.11 Å². The summed E-state index contributed by atoms with van der Waals surface area (Å²) in [4.78, 5) is 6.45. The molecule has 19 heavy (non-hydrogen) atoms. The first-order valence-corrected chi connectivity index (χ1v) is 7.88. The highest BCUT2D eigenvalue weighted by Crippen LogP contribution is 2.11. The third kappa shape index (κ3) is 6.76. The van der Waals surface area contributed by atoms with E-state index in [4.69, 9.17) is 0 Å². The van der Waals surface area contributed by atoms with E-state index in [-0.39, 0.29) is 0 Å². The van der Waals surface area contributed by atoms with Crippen LogP contribution in [-0.4, -0.2) is 35.2 Å². The lowest BCUT2D eigenvalue weighted by Gasteiger charge is -2.23. The summed E-state index contributed by atoms with van der Waals surface area (Å²) >= 11 is 0. The number of hydrogen-bond donors (Lipinski definition) is 1. The molecule has 1 atom stereocenters. The van der Waals surface area contributed by atoms with Crippen molar-refractivity contribution in [3.8, 4) is 0 Å². The van der Waals surface area contributed by atoms with Gasteiger partial charge in [0.25, 0.3) is 0 Å². The third-order valence-electron chi connectivity index (χ3n) is 3.59. The molecule has 110 valence electrons. The maximum Gasteiger partial charge on any atom is 0.125 e. The molecule has 3 nitrogen and oxygen atoms in total. The van der Waals surface area contributed by atoms with Crippen molar-refractivity contribution in [1.82, 2.24) is 4.90 Å². The van der Waals surface area contributed by atoms with Gasteiger partial charge in [0.1, 0.15) is 12.1 Å². The van der Waals surface area contributed by atoms with E-state index in [1.807, 2.05) is 11.8 Å². The Hall–Kier alpha value is -0.830. The second-order valence-corrected chi connectivity index (χ2v) is 5.34. The van der Waals surface area contributed by atoms with Crippen molar-refractivity contribution in [2.75, 3.05) is 13.1 Å². The predicted molar refractivity (Wildman–Crippen MR) is 82.4 cm³/mol. The number of unbranched alkanes of at least 4 members (excludes halogenated alkanes) is 5. The molecular formula is C16H30N2O. The van der Waals surface area contributed by atoms with Crippen molar-refractivity contribution in [2.45, 2.75) is 71.4 Å². The fourth-order valence-electron chi connectivity index (χ4n) is 2.45. The van der Waals surface area contributed by atoms with Crippen molar-refractivity contribution in [2.24, 2.45) is 4.99 Å². The van der Waals surface area contributed by atoms with E-state index in [2.05, 4.69) is 24.1 Å². The van der Waals surface area contributed by atoms with Crippen molar-refractivity contribution in [3.63, 3.8) is 0 Å². The van der Waals surface area contributed by atoms with Crippen LogP contribution in [0.25, 0.3) is 0 Å². The molecule has 0 fully saturated rings. The minimum absolute atomic E-state index is 0.399. The Morgan fingerprint density at radius 3 is 2.68 bits per heavy atom. The molecule has 0 amide bonds. The minimum Gasteiger partial charge on any atom is -0.374 e. The fourth-order valence-corrected chi connectivity index (χ4v) is 2.45. The van der Waals surface area contributed by atoms with E-state index >= 15 is 0 Å². The Bertz CT molecular complexity index is 284. The molecule has 0 aromatic rings. The number of aliphatic hydroxyl groups excluding tert-OH is 1. The smallest absolute Gasteiger partial charge is 0.125 e. The van der Waals surface area contributed by atoms with Gasteiger partial charge in [-0.05, 0) is 26.2 Å². The first kappa shape index (κ1) is 16.2. The van der Waals surface area contributed by atoms with E-state index in [0.29, 0.717) is 0 Å². The molecule has 1 aliphatic rings. The lowest BCUT2D eigenvalue weighted by Crippen LogP contribution is -2.35. The van der Waals surface area contributed by atoms with Crippen LogP contribution in [0.5, 0.6) is 0 Å². The van der Waals surface area contributed by atoms with Crippen LogP contribution in [0.4, 0.5) is 0 Å². The SMILES string of the molecule is CCCCCCC/C=C/CCC1=NCCN1C(C)O.